The van der Waals surface area contributed by atoms with Crippen molar-refractivity contribution in [1.29, 1.82) is 0 Å². The third-order valence-electron chi connectivity index (χ3n) is 3.30. The van der Waals surface area contributed by atoms with Crippen molar-refractivity contribution < 1.29 is 18.8 Å². The number of imidazole rings is 1. The monoisotopic (exact) mass is 312 g/mol. The van der Waals surface area contributed by atoms with Crippen LogP contribution in [0.5, 0.6) is 0 Å². The first-order valence-electron chi connectivity index (χ1n) is 7.09. The van der Waals surface area contributed by atoms with Gasteiger partial charge in [-0.15, -0.1) is 0 Å². The van der Waals surface area contributed by atoms with Crippen molar-refractivity contribution in [1.82, 2.24) is 14.9 Å². The molecule has 0 saturated carbocycles. The highest BCUT2D eigenvalue weighted by Crippen LogP contribution is 2.22. The zero-order valence-electron chi connectivity index (χ0n) is 12.2. The van der Waals surface area contributed by atoms with E-state index in [1.54, 1.807) is 0 Å². The first-order chi connectivity index (χ1) is 10.6. The maximum absolute atomic E-state index is 13.8. The largest absolute Gasteiger partial charge is 0.359 e. The molecule has 0 saturated heterocycles. The average molecular weight is 312 g/mol. The van der Waals surface area contributed by atoms with Gasteiger partial charge in [0.1, 0.15) is 11.6 Å². The lowest BCUT2D eigenvalue weighted by Crippen LogP contribution is -2.27. The predicted molar refractivity (Wildman–Crippen MR) is 76.8 cm³/mol. The molecule has 120 valence electrons. The van der Waals surface area contributed by atoms with Gasteiger partial charge in [-0.3, -0.25) is 14.4 Å². The number of anilines is 1. The number of halogens is 2. The molecular weight excluding hydrogens is 294 g/mol. The van der Waals surface area contributed by atoms with Gasteiger partial charge in [0.15, 0.2) is 11.5 Å². The zero-order chi connectivity index (χ0) is 16.1. The van der Waals surface area contributed by atoms with E-state index in [2.05, 4.69) is 17.2 Å². The van der Waals surface area contributed by atoms with Crippen LogP contribution < -0.4 is 10.8 Å². The molecule has 2 aromatic heterocycles. The van der Waals surface area contributed by atoms with Gasteiger partial charge in [-0.25, -0.2) is 19.2 Å². The minimum absolute atomic E-state index is 0.000180. The lowest BCUT2D eigenvalue weighted by molar-refractivity contribution is -0.127. The molecule has 22 heavy (non-hydrogen) atoms. The van der Waals surface area contributed by atoms with E-state index >= 15 is 0 Å². The first-order valence-corrected chi connectivity index (χ1v) is 7.09. The molecule has 2 heterocycles. The summed E-state index contributed by atoms with van der Waals surface area (Å²) in [6, 6.07) is 0.766. The second-order valence-corrected chi connectivity index (χ2v) is 4.95. The first kappa shape index (κ1) is 16.2. The number of unbranched alkanes of at least 4 members (excludes halogenated alkanes) is 2. The van der Waals surface area contributed by atoms with Crippen molar-refractivity contribution in [3.8, 4) is 0 Å². The van der Waals surface area contributed by atoms with Crippen LogP contribution >= 0.6 is 0 Å². The number of nitrogens with zero attached hydrogens (tertiary/aromatic N) is 2. The van der Waals surface area contributed by atoms with Crippen LogP contribution in [0.25, 0.3) is 5.65 Å². The molecule has 1 amide bonds. The zero-order valence-corrected chi connectivity index (χ0v) is 12.2. The van der Waals surface area contributed by atoms with Gasteiger partial charge in [0.05, 0.1) is 12.2 Å². The summed E-state index contributed by atoms with van der Waals surface area (Å²) in [5, 5.41) is 11.2. The summed E-state index contributed by atoms with van der Waals surface area (Å²) in [5.74, 6) is -1.80. The van der Waals surface area contributed by atoms with Crippen LogP contribution in [0, 0.1) is 11.6 Å². The number of amides is 1. The number of aryl methyl sites for hydroxylation is 1. The molecule has 6 nitrogen and oxygen atoms in total. The van der Waals surface area contributed by atoms with Crippen LogP contribution in [-0.2, 0) is 11.2 Å². The van der Waals surface area contributed by atoms with Gasteiger partial charge in [-0.05, 0) is 12.8 Å². The third-order valence-corrected chi connectivity index (χ3v) is 3.30. The molecule has 0 aromatic carbocycles. The van der Waals surface area contributed by atoms with Crippen molar-refractivity contribution in [2.45, 2.75) is 32.6 Å². The van der Waals surface area contributed by atoms with E-state index in [1.807, 2.05) is 0 Å². The number of carbonyl (C=O) groups excluding carboxylic acids is 1. The van der Waals surface area contributed by atoms with Gasteiger partial charge >= 0.3 is 0 Å². The SMILES string of the molecule is CCCCCc1c(NCC(=O)NO)nc2c(F)cc(F)cn12. The highest BCUT2D eigenvalue weighted by molar-refractivity contribution is 5.79. The molecule has 3 N–H and O–H groups in total. The fourth-order valence-corrected chi connectivity index (χ4v) is 2.25. The molecule has 0 unspecified atom stereocenters. The number of hydrogen-bond acceptors (Lipinski definition) is 4. The number of fused-ring (bicyclic) bond motifs is 1. The number of carbonyl (C=O) groups is 1. The lowest BCUT2D eigenvalue weighted by atomic mass is 10.1. The summed E-state index contributed by atoms with van der Waals surface area (Å²) in [6.45, 7) is 1.84. The number of pyridine rings is 1. The summed E-state index contributed by atoms with van der Waals surface area (Å²) in [4.78, 5) is 15.2. The number of aromatic nitrogens is 2. The van der Waals surface area contributed by atoms with Gasteiger partial charge in [0, 0.05) is 12.3 Å². The van der Waals surface area contributed by atoms with Crippen LogP contribution in [0.3, 0.4) is 0 Å². The van der Waals surface area contributed by atoms with Gasteiger partial charge < -0.3 is 5.32 Å². The summed E-state index contributed by atoms with van der Waals surface area (Å²) in [7, 11) is 0. The Morgan fingerprint density at radius 1 is 1.41 bits per heavy atom. The van der Waals surface area contributed by atoms with Crippen LogP contribution in [0.1, 0.15) is 31.9 Å². The quantitative estimate of drug-likeness (QED) is 0.416. The summed E-state index contributed by atoms with van der Waals surface area (Å²) in [6.07, 6.45) is 4.56. The summed E-state index contributed by atoms with van der Waals surface area (Å²) >= 11 is 0. The highest BCUT2D eigenvalue weighted by Gasteiger charge is 2.16. The third kappa shape index (κ3) is 3.51. The van der Waals surface area contributed by atoms with E-state index in [9.17, 15) is 13.6 Å². The molecule has 0 aliphatic rings. The fraction of sp³-hybridized carbons (Fsp3) is 0.429. The van der Waals surface area contributed by atoms with E-state index < -0.39 is 17.5 Å². The number of hydroxylamine groups is 1. The lowest BCUT2D eigenvalue weighted by Gasteiger charge is -2.06. The second kappa shape index (κ2) is 7.17. The molecule has 2 aromatic rings. The molecule has 2 rings (SSSR count). The molecule has 0 aliphatic heterocycles. The fourth-order valence-electron chi connectivity index (χ4n) is 2.25. The predicted octanol–water partition coefficient (Wildman–Crippen LogP) is 2.26. The van der Waals surface area contributed by atoms with Crippen LogP contribution in [0.4, 0.5) is 14.6 Å². The van der Waals surface area contributed by atoms with E-state index in [0.29, 0.717) is 17.9 Å². The van der Waals surface area contributed by atoms with Crippen LogP contribution in [0.15, 0.2) is 12.3 Å². The van der Waals surface area contributed by atoms with Crippen molar-refractivity contribution in [3.05, 3.63) is 29.6 Å². The Kier molecular flexibility index (Phi) is 5.26. The Bertz CT molecular complexity index is 672. The minimum Gasteiger partial charge on any atom is -0.359 e. The van der Waals surface area contributed by atoms with Crippen molar-refractivity contribution in [2.75, 3.05) is 11.9 Å². The average Bonchev–Trinajstić information content (AvgIpc) is 2.83. The van der Waals surface area contributed by atoms with Gasteiger partial charge in [0.25, 0.3) is 5.91 Å². The number of nitrogens with one attached hydrogen (secondary N) is 2. The molecular formula is C14H18F2N4O2. The molecule has 0 fully saturated rings. The number of hydrogen-bond donors (Lipinski definition) is 3. The highest BCUT2D eigenvalue weighted by atomic mass is 19.1. The topological polar surface area (TPSA) is 78.7 Å². The second-order valence-electron chi connectivity index (χ2n) is 4.95. The molecule has 0 aliphatic carbocycles. The van der Waals surface area contributed by atoms with Crippen LogP contribution in [-0.4, -0.2) is 27.0 Å². The summed E-state index contributed by atoms with van der Waals surface area (Å²) < 4.78 is 28.6. The Hall–Kier alpha value is -2.22. The molecule has 0 radical (unpaired) electrons. The van der Waals surface area contributed by atoms with E-state index in [1.165, 1.54) is 16.1 Å². The minimum atomic E-state index is -0.767. The Morgan fingerprint density at radius 3 is 2.86 bits per heavy atom. The smallest absolute Gasteiger partial charge is 0.262 e. The Labute approximate surface area is 126 Å². The molecule has 0 spiro atoms. The van der Waals surface area contributed by atoms with Gasteiger partial charge in [0.2, 0.25) is 0 Å². The molecule has 0 atom stereocenters. The van der Waals surface area contributed by atoms with Crippen molar-refractivity contribution in [3.63, 3.8) is 0 Å². The van der Waals surface area contributed by atoms with E-state index in [0.717, 1.165) is 25.3 Å². The molecule has 8 heteroatoms. The summed E-state index contributed by atoms with van der Waals surface area (Å²) in [5.41, 5.74) is 2.10. The van der Waals surface area contributed by atoms with Crippen molar-refractivity contribution >= 4 is 17.4 Å². The molecule has 0 bridgehead atoms. The van der Waals surface area contributed by atoms with Crippen molar-refractivity contribution in [2.24, 2.45) is 0 Å². The van der Waals surface area contributed by atoms with Gasteiger partial charge in [-0.2, -0.15) is 0 Å². The van der Waals surface area contributed by atoms with E-state index in [4.69, 9.17) is 5.21 Å². The van der Waals surface area contributed by atoms with Crippen LogP contribution in [0.2, 0.25) is 0 Å². The standard InChI is InChI=1S/C14H18F2N4O2/c1-2-3-4-5-11-13(17-7-12(21)19-22)18-14-10(16)6-9(15)8-20(11)14/h6,8,17,22H,2-5,7H2,1H3,(H,19,21). The maximum atomic E-state index is 13.8. The van der Waals surface area contributed by atoms with E-state index in [-0.39, 0.29) is 12.2 Å². The maximum Gasteiger partial charge on any atom is 0.262 e. The number of rotatable bonds is 7. The normalized spacial score (nSPS) is 10.9. The Morgan fingerprint density at radius 2 is 2.18 bits per heavy atom. The van der Waals surface area contributed by atoms with Gasteiger partial charge in [-0.1, -0.05) is 19.8 Å². The Balaban J connectivity index is 2.37.